The van der Waals surface area contributed by atoms with Crippen LogP contribution in [0.3, 0.4) is 0 Å². The number of carbonyl (C=O) groups is 1. The first-order chi connectivity index (χ1) is 14.9. The standard InChI is InChI=1S/C19H22N6O5S2/c1-4-19(13-20)9-11-24(17(19)26)16-8-10-21-18(23-16)22-14-6-5-7-15(12-14)25(31(2,27)28)32(3,29)30/h5-8,10,12H,4,9,11H2,1-3H3,(H,21,22,23)/t19-/m1/s1. The summed E-state index contributed by atoms with van der Waals surface area (Å²) >= 11 is 0. The summed E-state index contributed by atoms with van der Waals surface area (Å²) in [6.45, 7) is 2.14. The van der Waals surface area contributed by atoms with E-state index in [9.17, 15) is 26.9 Å². The maximum absolute atomic E-state index is 12.8. The summed E-state index contributed by atoms with van der Waals surface area (Å²) in [5.74, 6) is 0.123. The first-order valence-corrected chi connectivity index (χ1v) is 13.2. The van der Waals surface area contributed by atoms with Crippen molar-refractivity contribution < 1.29 is 21.6 Å². The predicted molar refractivity (Wildman–Crippen MR) is 119 cm³/mol. The van der Waals surface area contributed by atoms with Gasteiger partial charge in [0, 0.05) is 18.4 Å². The van der Waals surface area contributed by atoms with Crippen LogP contribution < -0.4 is 13.9 Å². The first-order valence-electron chi connectivity index (χ1n) is 9.55. The molecule has 11 nitrogen and oxygen atoms in total. The number of sulfonamides is 2. The van der Waals surface area contributed by atoms with Crippen molar-refractivity contribution in [2.24, 2.45) is 5.41 Å². The molecule has 32 heavy (non-hydrogen) atoms. The van der Waals surface area contributed by atoms with E-state index in [-0.39, 0.29) is 17.5 Å². The number of anilines is 4. The second kappa shape index (κ2) is 8.36. The third kappa shape index (κ3) is 4.51. The van der Waals surface area contributed by atoms with Crippen LogP contribution in [-0.4, -0.2) is 51.8 Å². The van der Waals surface area contributed by atoms with Crippen LogP contribution in [0, 0.1) is 16.7 Å². The molecular weight excluding hydrogens is 456 g/mol. The van der Waals surface area contributed by atoms with Crippen LogP contribution in [0.1, 0.15) is 19.8 Å². The molecule has 170 valence electrons. The van der Waals surface area contributed by atoms with Gasteiger partial charge in [0.05, 0.1) is 24.3 Å². The van der Waals surface area contributed by atoms with Gasteiger partial charge in [0.1, 0.15) is 11.2 Å². The Hall–Kier alpha value is -3.24. The normalized spacial score (nSPS) is 18.9. The Labute approximate surface area is 186 Å². The van der Waals surface area contributed by atoms with Crippen molar-refractivity contribution in [3.05, 3.63) is 36.5 Å². The zero-order valence-corrected chi connectivity index (χ0v) is 19.3. The van der Waals surface area contributed by atoms with E-state index in [1.165, 1.54) is 29.3 Å². The number of benzene rings is 1. The van der Waals surface area contributed by atoms with E-state index in [1.807, 2.05) is 0 Å². The number of rotatable bonds is 7. The SMILES string of the molecule is CC[C@]1(C#N)CCN(c2ccnc(Nc3cccc(N(S(C)(=O)=O)S(C)(=O)=O)c3)n2)C1=O. The lowest BCUT2D eigenvalue weighted by Gasteiger charge is -2.21. The molecule has 3 rings (SSSR count). The summed E-state index contributed by atoms with van der Waals surface area (Å²) in [6.07, 6.45) is 3.84. The summed E-state index contributed by atoms with van der Waals surface area (Å²) in [5, 5.41) is 12.3. The van der Waals surface area contributed by atoms with Crippen LogP contribution >= 0.6 is 0 Å². The lowest BCUT2D eigenvalue weighted by molar-refractivity contribution is -0.123. The molecule has 0 bridgehead atoms. The highest BCUT2D eigenvalue weighted by Crippen LogP contribution is 2.36. The van der Waals surface area contributed by atoms with E-state index < -0.39 is 25.5 Å². The molecule has 13 heteroatoms. The smallest absolute Gasteiger partial charge is 0.248 e. The molecule has 0 radical (unpaired) electrons. The number of aromatic nitrogens is 2. The molecule has 1 aromatic heterocycles. The van der Waals surface area contributed by atoms with E-state index in [2.05, 4.69) is 21.4 Å². The van der Waals surface area contributed by atoms with Gasteiger partial charge in [-0.15, -0.1) is 0 Å². The molecule has 1 aliphatic heterocycles. The van der Waals surface area contributed by atoms with Gasteiger partial charge in [0.15, 0.2) is 0 Å². The van der Waals surface area contributed by atoms with Crippen LogP contribution in [0.25, 0.3) is 0 Å². The van der Waals surface area contributed by atoms with E-state index >= 15 is 0 Å². The lowest BCUT2D eigenvalue weighted by Crippen LogP contribution is -2.35. The Morgan fingerprint density at radius 1 is 1.22 bits per heavy atom. The van der Waals surface area contributed by atoms with Crippen molar-refractivity contribution in [2.45, 2.75) is 19.8 Å². The zero-order chi connectivity index (χ0) is 23.7. The third-order valence-electron chi connectivity index (χ3n) is 5.07. The van der Waals surface area contributed by atoms with Crippen LogP contribution in [0.5, 0.6) is 0 Å². The van der Waals surface area contributed by atoms with Crippen LogP contribution in [0.15, 0.2) is 36.5 Å². The molecule has 0 saturated carbocycles. The maximum Gasteiger partial charge on any atom is 0.248 e. The molecule has 0 aliphatic carbocycles. The molecular formula is C19H22N6O5S2. The topological polar surface area (TPSA) is 153 Å². The van der Waals surface area contributed by atoms with E-state index in [0.29, 0.717) is 34.6 Å². The molecule has 2 aromatic rings. The number of nitrogens with zero attached hydrogens (tertiary/aromatic N) is 5. The van der Waals surface area contributed by atoms with Gasteiger partial charge in [-0.25, -0.2) is 21.8 Å². The fourth-order valence-electron chi connectivity index (χ4n) is 3.51. The first kappa shape index (κ1) is 23.4. The number of amides is 1. The molecule has 1 aliphatic rings. The van der Waals surface area contributed by atoms with Gasteiger partial charge in [0.2, 0.25) is 31.9 Å². The van der Waals surface area contributed by atoms with Crippen molar-refractivity contribution in [1.29, 1.82) is 5.26 Å². The van der Waals surface area contributed by atoms with Crippen LogP contribution in [-0.2, 0) is 24.8 Å². The highest BCUT2D eigenvalue weighted by molar-refractivity contribution is 8.09. The number of hydrogen-bond donors (Lipinski definition) is 1. The van der Waals surface area contributed by atoms with E-state index in [1.54, 1.807) is 19.1 Å². The van der Waals surface area contributed by atoms with E-state index in [0.717, 1.165) is 12.5 Å². The Kier molecular flexibility index (Phi) is 6.12. The van der Waals surface area contributed by atoms with Crippen molar-refractivity contribution in [3.63, 3.8) is 0 Å². The molecule has 1 fully saturated rings. The van der Waals surface area contributed by atoms with Crippen LogP contribution in [0.2, 0.25) is 0 Å². The van der Waals surface area contributed by atoms with Gasteiger partial charge >= 0.3 is 0 Å². The van der Waals surface area contributed by atoms with Gasteiger partial charge in [0.25, 0.3) is 0 Å². The van der Waals surface area contributed by atoms with Gasteiger partial charge in [-0.05, 0) is 37.1 Å². The lowest BCUT2D eigenvalue weighted by atomic mass is 9.85. The molecule has 1 amide bonds. The molecule has 1 aromatic carbocycles. The highest BCUT2D eigenvalue weighted by atomic mass is 32.3. The average molecular weight is 479 g/mol. The van der Waals surface area contributed by atoms with Gasteiger partial charge < -0.3 is 5.32 Å². The zero-order valence-electron chi connectivity index (χ0n) is 17.7. The number of carbonyl (C=O) groups excluding carboxylic acids is 1. The van der Waals surface area contributed by atoms with E-state index in [4.69, 9.17) is 0 Å². The number of nitriles is 1. The minimum absolute atomic E-state index is 0.0763. The second-order valence-corrected chi connectivity index (χ2v) is 11.3. The minimum Gasteiger partial charge on any atom is -0.324 e. The van der Waals surface area contributed by atoms with Gasteiger partial charge in [-0.3, -0.25) is 9.69 Å². The summed E-state index contributed by atoms with van der Waals surface area (Å²) in [4.78, 5) is 22.6. The summed E-state index contributed by atoms with van der Waals surface area (Å²) in [6, 6.07) is 9.42. The molecule has 1 saturated heterocycles. The third-order valence-corrected chi connectivity index (χ3v) is 8.32. The predicted octanol–water partition coefficient (Wildman–Crippen LogP) is 1.60. The molecule has 0 spiro atoms. The highest BCUT2D eigenvalue weighted by Gasteiger charge is 2.46. The van der Waals surface area contributed by atoms with Crippen molar-refractivity contribution in [2.75, 3.05) is 33.0 Å². The largest absolute Gasteiger partial charge is 0.324 e. The quantitative estimate of drug-likeness (QED) is 0.625. The van der Waals surface area contributed by atoms with Crippen molar-refractivity contribution in [1.82, 2.24) is 9.97 Å². The molecule has 2 heterocycles. The summed E-state index contributed by atoms with van der Waals surface area (Å²) in [7, 11) is -8.18. The average Bonchev–Trinajstić information content (AvgIpc) is 3.03. The Bertz CT molecular complexity index is 1270. The monoisotopic (exact) mass is 478 g/mol. The second-order valence-electron chi connectivity index (χ2n) is 7.39. The fraction of sp³-hybridized carbons (Fsp3) is 0.368. The Balaban J connectivity index is 1.90. The molecule has 1 N–H and O–H groups in total. The Morgan fingerprint density at radius 2 is 1.91 bits per heavy atom. The van der Waals surface area contributed by atoms with Crippen molar-refractivity contribution in [3.8, 4) is 6.07 Å². The van der Waals surface area contributed by atoms with Crippen LogP contribution in [0.4, 0.5) is 23.1 Å². The minimum atomic E-state index is -4.09. The number of hydrogen-bond acceptors (Lipinski definition) is 9. The Morgan fingerprint density at radius 3 is 2.47 bits per heavy atom. The van der Waals surface area contributed by atoms with Gasteiger partial charge in [-0.1, -0.05) is 13.0 Å². The summed E-state index contributed by atoms with van der Waals surface area (Å²) in [5.41, 5.74) is -0.801. The summed E-state index contributed by atoms with van der Waals surface area (Å²) < 4.78 is 48.4. The fourth-order valence-corrected chi connectivity index (χ4v) is 6.47. The molecule has 0 unspecified atom stereocenters. The van der Waals surface area contributed by atoms with Crippen molar-refractivity contribution >= 4 is 49.1 Å². The van der Waals surface area contributed by atoms with Gasteiger partial charge in [-0.2, -0.15) is 14.0 Å². The molecule has 1 atom stereocenters. The maximum atomic E-state index is 12.8. The number of nitrogens with one attached hydrogen (secondary N) is 1.